The average molecular weight is 249 g/mol. The van der Waals surface area contributed by atoms with Crippen molar-refractivity contribution in [2.45, 2.75) is 25.8 Å². The van der Waals surface area contributed by atoms with E-state index >= 15 is 0 Å². The summed E-state index contributed by atoms with van der Waals surface area (Å²) in [5.74, 6) is 0.634. The Labute approximate surface area is 107 Å². The SMILES string of the molecule is COc1ccc(CNC(=O)C2(CN)CCC2)cn1. The summed E-state index contributed by atoms with van der Waals surface area (Å²) in [6.07, 6.45) is 4.59. The van der Waals surface area contributed by atoms with Gasteiger partial charge in [0.25, 0.3) is 0 Å². The van der Waals surface area contributed by atoms with Gasteiger partial charge >= 0.3 is 0 Å². The third-order valence-electron chi connectivity index (χ3n) is 3.64. The van der Waals surface area contributed by atoms with E-state index in [1.807, 2.05) is 6.07 Å². The summed E-state index contributed by atoms with van der Waals surface area (Å²) in [6, 6.07) is 3.67. The first-order chi connectivity index (χ1) is 8.70. The number of rotatable bonds is 5. The molecular formula is C13H19N3O2. The Morgan fingerprint density at radius 3 is 2.78 bits per heavy atom. The standard InChI is InChI=1S/C13H19N3O2/c1-18-11-4-3-10(7-15-11)8-16-12(17)13(9-14)5-2-6-13/h3-4,7H,2,5-6,8-9,14H2,1H3,(H,16,17). The van der Waals surface area contributed by atoms with Crippen LogP contribution in [0.3, 0.4) is 0 Å². The van der Waals surface area contributed by atoms with Gasteiger partial charge in [-0.25, -0.2) is 4.98 Å². The molecule has 2 rings (SSSR count). The van der Waals surface area contributed by atoms with Gasteiger partial charge in [-0.2, -0.15) is 0 Å². The second-order valence-electron chi connectivity index (χ2n) is 4.73. The summed E-state index contributed by atoms with van der Waals surface area (Å²) in [4.78, 5) is 16.1. The van der Waals surface area contributed by atoms with Crippen molar-refractivity contribution >= 4 is 5.91 Å². The maximum Gasteiger partial charge on any atom is 0.227 e. The van der Waals surface area contributed by atoms with E-state index in [1.165, 1.54) is 0 Å². The molecule has 3 N–H and O–H groups in total. The van der Waals surface area contributed by atoms with Crippen LogP contribution < -0.4 is 15.8 Å². The molecule has 5 heteroatoms. The molecule has 0 saturated heterocycles. The largest absolute Gasteiger partial charge is 0.481 e. The van der Waals surface area contributed by atoms with Gasteiger partial charge in [0.15, 0.2) is 0 Å². The van der Waals surface area contributed by atoms with E-state index in [9.17, 15) is 4.79 Å². The normalized spacial score (nSPS) is 16.8. The van der Waals surface area contributed by atoms with E-state index < -0.39 is 0 Å². The smallest absolute Gasteiger partial charge is 0.227 e. The van der Waals surface area contributed by atoms with Crippen LogP contribution in [0.4, 0.5) is 0 Å². The number of ether oxygens (including phenoxy) is 1. The van der Waals surface area contributed by atoms with Crippen molar-refractivity contribution in [3.8, 4) is 5.88 Å². The lowest BCUT2D eigenvalue weighted by Crippen LogP contribution is -2.50. The summed E-state index contributed by atoms with van der Waals surface area (Å²) in [5, 5.41) is 2.93. The van der Waals surface area contributed by atoms with Crippen LogP contribution in [-0.4, -0.2) is 24.5 Å². The van der Waals surface area contributed by atoms with Crippen LogP contribution in [0.1, 0.15) is 24.8 Å². The Balaban J connectivity index is 1.88. The van der Waals surface area contributed by atoms with E-state index in [-0.39, 0.29) is 11.3 Å². The fourth-order valence-electron chi connectivity index (χ4n) is 2.13. The third kappa shape index (κ3) is 2.46. The Hall–Kier alpha value is -1.62. The monoisotopic (exact) mass is 249 g/mol. The molecule has 1 amide bonds. The number of carbonyl (C=O) groups is 1. The van der Waals surface area contributed by atoms with E-state index in [4.69, 9.17) is 10.5 Å². The molecule has 1 fully saturated rings. The molecular weight excluding hydrogens is 230 g/mol. The first kappa shape index (κ1) is 12.8. The van der Waals surface area contributed by atoms with Crippen molar-refractivity contribution < 1.29 is 9.53 Å². The number of nitrogens with two attached hydrogens (primary N) is 1. The third-order valence-corrected chi connectivity index (χ3v) is 3.64. The number of nitrogens with zero attached hydrogens (tertiary/aromatic N) is 1. The number of methoxy groups -OCH3 is 1. The van der Waals surface area contributed by atoms with E-state index in [0.29, 0.717) is 19.0 Å². The molecule has 0 spiro atoms. The minimum Gasteiger partial charge on any atom is -0.481 e. The molecule has 1 aliphatic rings. The number of hydrogen-bond donors (Lipinski definition) is 2. The molecule has 0 aliphatic heterocycles. The van der Waals surface area contributed by atoms with Crippen molar-refractivity contribution in [2.75, 3.05) is 13.7 Å². The van der Waals surface area contributed by atoms with Crippen molar-refractivity contribution in [2.24, 2.45) is 11.1 Å². The van der Waals surface area contributed by atoms with Crippen molar-refractivity contribution in [3.05, 3.63) is 23.9 Å². The van der Waals surface area contributed by atoms with Gasteiger partial charge in [0.1, 0.15) is 0 Å². The number of pyridine rings is 1. The molecule has 1 aromatic rings. The van der Waals surface area contributed by atoms with Crippen LogP contribution >= 0.6 is 0 Å². The van der Waals surface area contributed by atoms with E-state index in [0.717, 1.165) is 24.8 Å². The highest BCUT2D eigenvalue weighted by molar-refractivity contribution is 5.83. The van der Waals surface area contributed by atoms with Crippen molar-refractivity contribution in [1.29, 1.82) is 0 Å². The Kier molecular flexibility index (Phi) is 3.81. The van der Waals surface area contributed by atoms with Gasteiger partial charge in [-0.15, -0.1) is 0 Å². The van der Waals surface area contributed by atoms with E-state index in [1.54, 1.807) is 19.4 Å². The molecule has 0 atom stereocenters. The van der Waals surface area contributed by atoms with Crippen LogP contribution in [0.5, 0.6) is 5.88 Å². The fourth-order valence-corrected chi connectivity index (χ4v) is 2.13. The minimum atomic E-state index is -0.320. The molecule has 5 nitrogen and oxygen atoms in total. The predicted octanol–water partition coefficient (Wildman–Crippen LogP) is 0.835. The quantitative estimate of drug-likeness (QED) is 0.810. The first-order valence-corrected chi connectivity index (χ1v) is 6.17. The van der Waals surface area contributed by atoms with Gasteiger partial charge in [0.05, 0.1) is 12.5 Å². The molecule has 1 saturated carbocycles. The molecule has 0 radical (unpaired) electrons. The Morgan fingerprint density at radius 2 is 2.33 bits per heavy atom. The van der Waals surface area contributed by atoms with Crippen molar-refractivity contribution in [1.82, 2.24) is 10.3 Å². The minimum absolute atomic E-state index is 0.0621. The van der Waals surface area contributed by atoms with Crippen LogP contribution in [0.15, 0.2) is 18.3 Å². The molecule has 0 unspecified atom stereocenters. The zero-order valence-electron chi connectivity index (χ0n) is 10.6. The Bertz CT molecular complexity index is 407. The number of nitrogens with one attached hydrogen (secondary N) is 1. The van der Waals surface area contributed by atoms with Gasteiger partial charge in [-0.1, -0.05) is 12.5 Å². The lowest BCUT2D eigenvalue weighted by atomic mass is 9.68. The molecule has 98 valence electrons. The first-order valence-electron chi connectivity index (χ1n) is 6.17. The molecule has 1 aromatic heterocycles. The maximum atomic E-state index is 12.0. The lowest BCUT2D eigenvalue weighted by Gasteiger charge is -2.39. The van der Waals surface area contributed by atoms with Gasteiger partial charge in [0, 0.05) is 25.4 Å². The summed E-state index contributed by atoms with van der Waals surface area (Å²) >= 11 is 0. The topological polar surface area (TPSA) is 77.2 Å². The summed E-state index contributed by atoms with van der Waals surface area (Å²) < 4.78 is 4.98. The second-order valence-corrected chi connectivity index (χ2v) is 4.73. The van der Waals surface area contributed by atoms with Gasteiger partial charge in [-0.3, -0.25) is 4.79 Å². The van der Waals surface area contributed by atoms with Crippen molar-refractivity contribution in [3.63, 3.8) is 0 Å². The fraction of sp³-hybridized carbons (Fsp3) is 0.538. The molecule has 1 aliphatic carbocycles. The molecule has 0 bridgehead atoms. The number of aromatic nitrogens is 1. The maximum absolute atomic E-state index is 12.0. The predicted molar refractivity (Wildman–Crippen MR) is 68.0 cm³/mol. The van der Waals surface area contributed by atoms with Crippen LogP contribution in [0, 0.1) is 5.41 Å². The highest BCUT2D eigenvalue weighted by atomic mass is 16.5. The Morgan fingerprint density at radius 1 is 1.56 bits per heavy atom. The van der Waals surface area contributed by atoms with Crippen LogP contribution in [0.25, 0.3) is 0 Å². The number of hydrogen-bond acceptors (Lipinski definition) is 4. The highest BCUT2D eigenvalue weighted by Gasteiger charge is 2.42. The highest BCUT2D eigenvalue weighted by Crippen LogP contribution is 2.39. The number of carbonyl (C=O) groups excluding carboxylic acids is 1. The molecule has 1 heterocycles. The molecule has 18 heavy (non-hydrogen) atoms. The zero-order chi connectivity index (χ0) is 13.0. The summed E-state index contributed by atoms with van der Waals surface area (Å²) in [6.45, 7) is 0.914. The molecule has 0 aromatic carbocycles. The summed E-state index contributed by atoms with van der Waals surface area (Å²) in [5.41, 5.74) is 6.32. The summed E-state index contributed by atoms with van der Waals surface area (Å²) in [7, 11) is 1.57. The van der Waals surface area contributed by atoms with Crippen LogP contribution in [0.2, 0.25) is 0 Å². The van der Waals surface area contributed by atoms with Gasteiger partial charge in [-0.05, 0) is 18.4 Å². The average Bonchev–Trinajstić information content (AvgIpc) is 2.36. The van der Waals surface area contributed by atoms with Gasteiger partial charge < -0.3 is 15.8 Å². The van der Waals surface area contributed by atoms with Gasteiger partial charge in [0.2, 0.25) is 11.8 Å². The number of amides is 1. The lowest BCUT2D eigenvalue weighted by molar-refractivity contribution is -0.135. The second kappa shape index (κ2) is 5.35. The van der Waals surface area contributed by atoms with Crippen LogP contribution in [-0.2, 0) is 11.3 Å². The zero-order valence-corrected chi connectivity index (χ0v) is 10.6. The van der Waals surface area contributed by atoms with E-state index in [2.05, 4.69) is 10.3 Å².